The maximum absolute atomic E-state index is 11.9. The molecule has 0 aliphatic heterocycles. The number of benzene rings is 1. The molecule has 1 rings (SSSR count). The van der Waals surface area contributed by atoms with Gasteiger partial charge in [-0.1, -0.05) is 30.3 Å². The molecule has 0 spiro atoms. The molecule has 2 N–H and O–H groups in total. The van der Waals surface area contributed by atoms with Gasteiger partial charge in [0.1, 0.15) is 10.5 Å². The van der Waals surface area contributed by atoms with Crippen molar-refractivity contribution < 1.29 is 24.0 Å². The fourth-order valence-corrected chi connectivity index (χ4v) is 2.87. The zero-order valence-electron chi connectivity index (χ0n) is 10.5. The molecule has 0 saturated heterocycles. The molecule has 3 unspecified atom stereocenters. The molecule has 1 aromatic carbocycles. The van der Waals surface area contributed by atoms with E-state index in [0.717, 1.165) is 5.56 Å². The van der Waals surface area contributed by atoms with Gasteiger partial charge in [0.25, 0.3) is 0 Å². The molecule has 0 radical (unpaired) electrons. The molecule has 0 bridgehead atoms. The van der Waals surface area contributed by atoms with Gasteiger partial charge < -0.3 is 10.2 Å². The van der Waals surface area contributed by atoms with Crippen LogP contribution in [0.5, 0.6) is 0 Å². The van der Waals surface area contributed by atoms with E-state index in [4.69, 9.17) is 10.2 Å². The van der Waals surface area contributed by atoms with Gasteiger partial charge in [0.05, 0.1) is 0 Å². The van der Waals surface area contributed by atoms with Gasteiger partial charge in [0, 0.05) is 10.8 Å². The Hall–Kier alpha value is -1.69. The van der Waals surface area contributed by atoms with E-state index in [-0.39, 0.29) is 6.42 Å². The Kier molecular flexibility index (Phi) is 5.69. The van der Waals surface area contributed by atoms with Crippen LogP contribution in [0.15, 0.2) is 30.3 Å². The minimum Gasteiger partial charge on any atom is -0.480 e. The molecule has 19 heavy (non-hydrogen) atoms. The van der Waals surface area contributed by atoms with Crippen molar-refractivity contribution in [2.75, 3.05) is 0 Å². The Labute approximate surface area is 113 Å². The SMILES string of the molecule is CC(C(=O)O)S(=O)C(CCc1ccccc1)C(=O)O. The Bertz CT molecular complexity index is 471. The number of carbonyl (C=O) groups is 2. The van der Waals surface area contributed by atoms with E-state index >= 15 is 0 Å². The average molecular weight is 284 g/mol. The van der Waals surface area contributed by atoms with Crippen molar-refractivity contribution in [1.29, 1.82) is 0 Å². The normalized spacial score (nSPS) is 15.4. The van der Waals surface area contributed by atoms with E-state index in [1.165, 1.54) is 6.92 Å². The summed E-state index contributed by atoms with van der Waals surface area (Å²) in [4.78, 5) is 21.9. The summed E-state index contributed by atoms with van der Waals surface area (Å²) in [5.74, 6) is -2.47. The Morgan fingerprint density at radius 1 is 1.16 bits per heavy atom. The van der Waals surface area contributed by atoms with Crippen LogP contribution in [0.1, 0.15) is 18.9 Å². The molecule has 3 atom stereocenters. The predicted octanol–water partition coefficient (Wildman–Crippen LogP) is 1.29. The third kappa shape index (κ3) is 4.48. The van der Waals surface area contributed by atoms with Crippen LogP contribution >= 0.6 is 0 Å². The lowest BCUT2D eigenvalue weighted by molar-refractivity contribution is -0.136. The lowest BCUT2D eigenvalue weighted by Crippen LogP contribution is -2.35. The van der Waals surface area contributed by atoms with Crippen molar-refractivity contribution in [3.63, 3.8) is 0 Å². The van der Waals surface area contributed by atoms with Crippen molar-refractivity contribution in [1.82, 2.24) is 0 Å². The zero-order chi connectivity index (χ0) is 14.4. The predicted molar refractivity (Wildman–Crippen MR) is 71.4 cm³/mol. The molecule has 0 heterocycles. The largest absolute Gasteiger partial charge is 0.480 e. The first kappa shape index (κ1) is 15.4. The molecule has 0 aromatic heterocycles. The van der Waals surface area contributed by atoms with Gasteiger partial charge in [-0.05, 0) is 25.3 Å². The Morgan fingerprint density at radius 2 is 1.74 bits per heavy atom. The topological polar surface area (TPSA) is 91.7 Å². The third-order valence-electron chi connectivity index (χ3n) is 2.79. The van der Waals surface area contributed by atoms with Gasteiger partial charge in [-0.15, -0.1) is 0 Å². The van der Waals surface area contributed by atoms with Gasteiger partial charge in [-0.3, -0.25) is 13.8 Å². The molecule has 104 valence electrons. The van der Waals surface area contributed by atoms with Crippen LogP contribution in [0.4, 0.5) is 0 Å². The highest BCUT2D eigenvalue weighted by atomic mass is 32.2. The number of carboxylic acid groups (broad SMARTS) is 2. The van der Waals surface area contributed by atoms with Crippen molar-refractivity contribution in [2.45, 2.75) is 30.3 Å². The molecule has 0 saturated carbocycles. The lowest BCUT2D eigenvalue weighted by Gasteiger charge is -2.14. The van der Waals surface area contributed by atoms with Crippen molar-refractivity contribution in [3.8, 4) is 0 Å². The fraction of sp³-hybridized carbons (Fsp3) is 0.385. The monoisotopic (exact) mass is 284 g/mol. The Morgan fingerprint density at radius 3 is 2.21 bits per heavy atom. The molecule has 0 fully saturated rings. The van der Waals surface area contributed by atoms with Crippen LogP contribution < -0.4 is 0 Å². The van der Waals surface area contributed by atoms with Crippen LogP contribution in [0.3, 0.4) is 0 Å². The second-order valence-electron chi connectivity index (χ2n) is 4.16. The summed E-state index contributed by atoms with van der Waals surface area (Å²) < 4.78 is 11.9. The van der Waals surface area contributed by atoms with Gasteiger partial charge in [-0.2, -0.15) is 0 Å². The van der Waals surface area contributed by atoms with E-state index in [1.54, 1.807) is 0 Å². The summed E-state index contributed by atoms with van der Waals surface area (Å²) in [7, 11) is -1.94. The standard InChI is InChI=1S/C13H16O5S/c1-9(12(14)15)19(18)11(13(16)17)8-7-10-5-3-2-4-6-10/h2-6,9,11H,7-8H2,1H3,(H,14,15)(H,16,17). The number of hydrogen-bond acceptors (Lipinski definition) is 3. The highest BCUT2D eigenvalue weighted by Gasteiger charge is 2.31. The summed E-state index contributed by atoms with van der Waals surface area (Å²) in [5.41, 5.74) is 0.939. The van der Waals surface area contributed by atoms with E-state index in [2.05, 4.69) is 0 Å². The highest BCUT2D eigenvalue weighted by Crippen LogP contribution is 2.13. The first-order valence-electron chi connectivity index (χ1n) is 5.82. The van der Waals surface area contributed by atoms with Crippen LogP contribution in [-0.4, -0.2) is 36.9 Å². The van der Waals surface area contributed by atoms with Gasteiger partial charge in [0.2, 0.25) is 0 Å². The summed E-state index contributed by atoms with van der Waals surface area (Å²) in [5, 5.41) is 15.5. The molecule has 0 aliphatic carbocycles. The number of rotatable bonds is 7. The summed E-state index contributed by atoms with van der Waals surface area (Å²) in [6.07, 6.45) is 0.611. The first-order chi connectivity index (χ1) is 8.93. The van der Waals surface area contributed by atoms with Crippen LogP contribution in [-0.2, 0) is 26.8 Å². The van der Waals surface area contributed by atoms with Crippen molar-refractivity contribution >= 4 is 22.7 Å². The van der Waals surface area contributed by atoms with Gasteiger partial charge in [-0.25, -0.2) is 0 Å². The smallest absolute Gasteiger partial charge is 0.319 e. The molecular weight excluding hydrogens is 268 g/mol. The van der Waals surface area contributed by atoms with E-state index in [9.17, 15) is 13.8 Å². The van der Waals surface area contributed by atoms with Crippen LogP contribution in [0.25, 0.3) is 0 Å². The molecule has 6 heteroatoms. The second-order valence-corrected chi connectivity index (χ2v) is 6.09. The van der Waals surface area contributed by atoms with Crippen LogP contribution in [0.2, 0.25) is 0 Å². The Balaban J connectivity index is 2.71. The number of hydrogen-bond donors (Lipinski definition) is 2. The van der Waals surface area contributed by atoms with Crippen molar-refractivity contribution in [3.05, 3.63) is 35.9 Å². The maximum atomic E-state index is 11.9. The van der Waals surface area contributed by atoms with Crippen LogP contribution in [0, 0.1) is 0 Å². The van der Waals surface area contributed by atoms with E-state index in [0.29, 0.717) is 6.42 Å². The van der Waals surface area contributed by atoms with Crippen molar-refractivity contribution in [2.24, 2.45) is 0 Å². The third-order valence-corrected chi connectivity index (χ3v) is 4.69. The minimum absolute atomic E-state index is 0.156. The molecular formula is C13H16O5S. The summed E-state index contributed by atoms with van der Waals surface area (Å²) >= 11 is 0. The average Bonchev–Trinajstić information content (AvgIpc) is 2.38. The first-order valence-corrected chi connectivity index (χ1v) is 7.10. The van der Waals surface area contributed by atoms with E-state index < -0.39 is 33.2 Å². The van der Waals surface area contributed by atoms with Gasteiger partial charge in [0.15, 0.2) is 0 Å². The number of aliphatic carboxylic acids is 2. The van der Waals surface area contributed by atoms with E-state index in [1.807, 2.05) is 30.3 Å². The molecule has 1 aromatic rings. The molecule has 0 amide bonds. The summed E-state index contributed by atoms with van der Waals surface area (Å²) in [6.45, 7) is 1.26. The second kappa shape index (κ2) is 7.04. The molecule has 5 nitrogen and oxygen atoms in total. The minimum atomic E-state index is -1.94. The maximum Gasteiger partial charge on any atom is 0.319 e. The highest BCUT2D eigenvalue weighted by molar-refractivity contribution is 7.87. The quantitative estimate of drug-likeness (QED) is 0.787. The summed E-state index contributed by atoms with van der Waals surface area (Å²) in [6, 6.07) is 9.22. The zero-order valence-corrected chi connectivity index (χ0v) is 11.3. The lowest BCUT2D eigenvalue weighted by atomic mass is 10.1. The fourth-order valence-electron chi connectivity index (χ4n) is 1.63. The van der Waals surface area contributed by atoms with Gasteiger partial charge >= 0.3 is 11.9 Å². The molecule has 0 aliphatic rings. The number of aryl methyl sites for hydroxylation is 1. The number of carboxylic acids is 2.